The van der Waals surface area contributed by atoms with Gasteiger partial charge in [0.05, 0.1) is 13.2 Å². The van der Waals surface area contributed by atoms with E-state index < -0.39 is 5.97 Å². The molecule has 1 fully saturated rings. The van der Waals surface area contributed by atoms with Crippen LogP contribution in [0.5, 0.6) is 5.75 Å². The SMILES string of the molecule is COc1ccc(CC=C(C)C(=O)O)c(C2OC2C)c1. The summed E-state index contributed by atoms with van der Waals surface area (Å²) < 4.78 is 10.7. The molecular formula is C15H18O4. The minimum atomic E-state index is -0.883. The van der Waals surface area contributed by atoms with Crippen LogP contribution in [0.15, 0.2) is 29.8 Å². The summed E-state index contributed by atoms with van der Waals surface area (Å²) >= 11 is 0. The molecule has 1 saturated heterocycles. The molecule has 4 heteroatoms. The van der Waals surface area contributed by atoms with Crippen LogP contribution in [0.1, 0.15) is 31.1 Å². The van der Waals surface area contributed by atoms with Crippen LogP contribution in [0.4, 0.5) is 0 Å². The van der Waals surface area contributed by atoms with Gasteiger partial charge in [0.1, 0.15) is 11.9 Å². The molecule has 1 aliphatic heterocycles. The van der Waals surface area contributed by atoms with Crippen molar-refractivity contribution in [1.29, 1.82) is 0 Å². The Morgan fingerprint density at radius 2 is 2.21 bits per heavy atom. The van der Waals surface area contributed by atoms with Crippen LogP contribution in [0.3, 0.4) is 0 Å². The van der Waals surface area contributed by atoms with E-state index in [0.717, 1.165) is 16.9 Å². The van der Waals surface area contributed by atoms with E-state index in [1.165, 1.54) is 0 Å². The number of rotatable bonds is 5. The molecule has 0 amide bonds. The smallest absolute Gasteiger partial charge is 0.330 e. The van der Waals surface area contributed by atoms with E-state index >= 15 is 0 Å². The number of carboxylic acids is 1. The molecule has 0 bridgehead atoms. The molecule has 0 saturated carbocycles. The molecule has 2 unspecified atom stereocenters. The van der Waals surface area contributed by atoms with Gasteiger partial charge in [0, 0.05) is 5.57 Å². The lowest BCUT2D eigenvalue weighted by molar-refractivity contribution is -0.132. The van der Waals surface area contributed by atoms with Gasteiger partial charge >= 0.3 is 5.97 Å². The van der Waals surface area contributed by atoms with Crippen molar-refractivity contribution in [2.45, 2.75) is 32.5 Å². The van der Waals surface area contributed by atoms with E-state index in [1.807, 2.05) is 25.1 Å². The molecule has 2 rings (SSSR count). The zero-order valence-corrected chi connectivity index (χ0v) is 11.3. The molecule has 0 aliphatic carbocycles. The van der Waals surface area contributed by atoms with Crippen molar-refractivity contribution >= 4 is 5.97 Å². The maximum absolute atomic E-state index is 10.8. The zero-order chi connectivity index (χ0) is 14.0. The van der Waals surface area contributed by atoms with Gasteiger partial charge in [-0.05, 0) is 43.5 Å². The molecule has 1 aromatic carbocycles. The fourth-order valence-corrected chi connectivity index (χ4v) is 2.01. The first-order chi connectivity index (χ1) is 9.02. The minimum absolute atomic E-state index is 0.101. The predicted octanol–water partition coefficient (Wildman–Crippen LogP) is 2.73. The van der Waals surface area contributed by atoms with Crippen LogP contribution < -0.4 is 4.74 Å². The lowest BCUT2D eigenvalue weighted by atomic mass is 9.99. The van der Waals surface area contributed by atoms with Crippen molar-refractivity contribution in [2.24, 2.45) is 0 Å². The van der Waals surface area contributed by atoms with E-state index in [4.69, 9.17) is 14.6 Å². The summed E-state index contributed by atoms with van der Waals surface area (Å²) in [5.41, 5.74) is 2.52. The summed E-state index contributed by atoms with van der Waals surface area (Å²) in [6, 6.07) is 5.82. The molecule has 1 heterocycles. The quantitative estimate of drug-likeness (QED) is 0.654. The molecular weight excluding hydrogens is 244 g/mol. The number of aliphatic carboxylic acids is 1. The van der Waals surface area contributed by atoms with Gasteiger partial charge in [-0.15, -0.1) is 0 Å². The maximum Gasteiger partial charge on any atom is 0.330 e. The number of epoxide rings is 1. The first kappa shape index (κ1) is 13.6. The first-order valence-corrected chi connectivity index (χ1v) is 6.25. The zero-order valence-electron chi connectivity index (χ0n) is 11.3. The molecule has 1 aliphatic rings. The Balaban J connectivity index is 2.24. The van der Waals surface area contributed by atoms with E-state index in [9.17, 15) is 4.79 Å². The maximum atomic E-state index is 10.8. The highest BCUT2D eigenvalue weighted by Crippen LogP contribution is 2.41. The Morgan fingerprint density at radius 3 is 2.74 bits per heavy atom. The highest BCUT2D eigenvalue weighted by atomic mass is 16.6. The van der Waals surface area contributed by atoms with Crippen molar-refractivity contribution in [2.75, 3.05) is 7.11 Å². The van der Waals surface area contributed by atoms with Crippen LogP contribution in [0.25, 0.3) is 0 Å². The normalized spacial score (nSPS) is 22.2. The van der Waals surface area contributed by atoms with Crippen molar-refractivity contribution in [3.8, 4) is 5.75 Å². The number of methoxy groups -OCH3 is 1. The molecule has 1 N–H and O–H groups in total. The summed E-state index contributed by atoms with van der Waals surface area (Å²) in [5.74, 6) is -0.0912. The van der Waals surface area contributed by atoms with E-state index in [2.05, 4.69) is 0 Å². The number of ether oxygens (including phenoxy) is 2. The Labute approximate surface area is 112 Å². The van der Waals surface area contributed by atoms with Crippen molar-refractivity contribution in [3.05, 3.63) is 41.0 Å². The second-order valence-electron chi connectivity index (χ2n) is 4.72. The lowest BCUT2D eigenvalue weighted by Crippen LogP contribution is -1.99. The third kappa shape index (κ3) is 3.15. The largest absolute Gasteiger partial charge is 0.497 e. The van der Waals surface area contributed by atoms with Crippen LogP contribution >= 0.6 is 0 Å². The molecule has 4 nitrogen and oxygen atoms in total. The van der Waals surface area contributed by atoms with E-state index in [0.29, 0.717) is 12.0 Å². The van der Waals surface area contributed by atoms with Crippen LogP contribution in [-0.2, 0) is 16.0 Å². The number of hydrogen-bond donors (Lipinski definition) is 1. The van der Waals surface area contributed by atoms with Crippen molar-refractivity contribution < 1.29 is 19.4 Å². The highest BCUT2D eigenvalue weighted by molar-refractivity contribution is 5.85. The molecule has 102 valence electrons. The van der Waals surface area contributed by atoms with Gasteiger partial charge in [-0.2, -0.15) is 0 Å². The van der Waals surface area contributed by atoms with Gasteiger partial charge in [-0.25, -0.2) is 4.79 Å². The number of allylic oxidation sites excluding steroid dienone is 1. The van der Waals surface area contributed by atoms with Crippen molar-refractivity contribution in [1.82, 2.24) is 0 Å². The standard InChI is InChI=1S/C15H18O4/c1-9(15(16)17)4-5-11-6-7-12(18-3)8-13(11)14-10(2)19-14/h4,6-8,10,14H,5H2,1-3H3,(H,16,17). The first-order valence-electron chi connectivity index (χ1n) is 6.25. The van der Waals surface area contributed by atoms with Gasteiger partial charge < -0.3 is 14.6 Å². The van der Waals surface area contributed by atoms with Crippen LogP contribution in [0, 0.1) is 0 Å². The summed E-state index contributed by atoms with van der Waals surface area (Å²) in [7, 11) is 1.63. The molecule has 0 aromatic heterocycles. The number of carboxylic acid groups (broad SMARTS) is 1. The highest BCUT2D eigenvalue weighted by Gasteiger charge is 2.37. The third-order valence-corrected chi connectivity index (χ3v) is 3.34. The Hall–Kier alpha value is -1.81. The molecule has 19 heavy (non-hydrogen) atoms. The van der Waals surface area contributed by atoms with Gasteiger partial charge in [-0.1, -0.05) is 12.1 Å². The molecule has 0 radical (unpaired) electrons. The summed E-state index contributed by atoms with van der Waals surface area (Å²) in [4.78, 5) is 10.8. The lowest BCUT2D eigenvalue weighted by Gasteiger charge is -2.08. The average Bonchev–Trinajstić information content (AvgIpc) is 3.12. The van der Waals surface area contributed by atoms with Crippen LogP contribution in [-0.4, -0.2) is 24.3 Å². The number of carbonyl (C=O) groups is 1. The van der Waals surface area contributed by atoms with Gasteiger partial charge in [0.15, 0.2) is 0 Å². The van der Waals surface area contributed by atoms with E-state index in [-0.39, 0.29) is 12.2 Å². The molecule has 1 aromatic rings. The second-order valence-corrected chi connectivity index (χ2v) is 4.72. The van der Waals surface area contributed by atoms with Crippen LogP contribution in [0.2, 0.25) is 0 Å². The summed E-state index contributed by atoms with van der Waals surface area (Å²) in [6.45, 7) is 3.62. The van der Waals surface area contributed by atoms with Gasteiger partial charge in [0.25, 0.3) is 0 Å². The Morgan fingerprint density at radius 1 is 1.53 bits per heavy atom. The third-order valence-electron chi connectivity index (χ3n) is 3.34. The second kappa shape index (κ2) is 5.45. The molecule has 0 spiro atoms. The number of benzene rings is 1. The Bertz CT molecular complexity index is 519. The topological polar surface area (TPSA) is 59.1 Å². The summed E-state index contributed by atoms with van der Waals surface area (Å²) in [6.07, 6.45) is 2.63. The van der Waals surface area contributed by atoms with Crippen molar-refractivity contribution in [3.63, 3.8) is 0 Å². The number of hydrogen-bond acceptors (Lipinski definition) is 3. The fourth-order valence-electron chi connectivity index (χ4n) is 2.01. The van der Waals surface area contributed by atoms with E-state index in [1.54, 1.807) is 20.1 Å². The molecule has 2 atom stereocenters. The summed E-state index contributed by atoms with van der Waals surface area (Å²) in [5, 5.41) is 8.86. The van der Waals surface area contributed by atoms with Gasteiger partial charge in [-0.3, -0.25) is 0 Å². The minimum Gasteiger partial charge on any atom is -0.497 e. The average molecular weight is 262 g/mol. The predicted molar refractivity (Wildman–Crippen MR) is 71.4 cm³/mol. The monoisotopic (exact) mass is 262 g/mol. The van der Waals surface area contributed by atoms with Gasteiger partial charge in [0.2, 0.25) is 0 Å². The fraction of sp³-hybridized carbons (Fsp3) is 0.400. The Kier molecular flexibility index (Phi) is 3.90.